The second-order valence-electron chi connectivity index (χ2n) is 6.87. The van der Waals surface area contributed by atoms with E-state index in [4.69, 9.17) is 0 Å². The van der Waals surface area contributed by atoms with Crippen LogP contribution in [0.5, 0.6) is 0 Å². The van der Waals surface area contributed by atoms with E-state index in [0.717, 1.165) is 16.9 Å². The number of rotatable bonds is 5. The second-order valence-corrected chi connectivity index (χ2v) is 6.87. The van der Waals surface area contributed by atoms with Crippen molar-refractivity contribution < 1.29 is 14.4 Å². The van der Waals surface area contributed by atoms with E-state index in [9.17, 15) is 14.4 Å². The van der Waals surface area contributed by atoms with E-state index in [-0.39, 0.29) is 23.9 Å². The predicted molar refractivity (Wildman–Crippen MR) is 92.7 cm³/mol. The summed E-state index contributed by atoms with van der Waals surface area (Å²) < 4.78 is 0. The third kappa shape index (κ3) is 3.58. The fraction of sp³-hybridized carbons (Fsp3) is 0.500. The first kappa shape index (κ1) is 18.0. The number of amides is 4. The van der Waals surface area contributed by atoms with E-state index in [1.54, 1.807) is 19.1 Å². The molecule has 0 unspecified atom stereocenters. The van der Waals surface area contributed by atoms with Gasteiger partial charge in [0.05, 0.1) is 0 Å². The van der Waals surface area contributed by atoms with Crippen molar-refractivity contribution in [2.75, 3.05) is 11.4 Å². The van der Waals surface area contributed by atoms with Crippen LogP contribution in [0.2, 0.25) is 0 Å². The van der Waals surface area contributed by atoms with Gasteiger partial charge in [0, 0.05) is 11.2 Å². The van der Waals surface area contributed by atoms with Gasteiger partial charge in [-0.2, -0.15) is 0 Å². The maximum Gasteiger partial charge on any atom is 0.332 e. The lowest BCUT2D eigenvalue weighted by Crippen LogP contribution is -2.48. The lowest BCUT2D eigenvalue weighted by atomic mass is 10.0. The Labute approximate surface area is 142 Å². The van der Waals surface area contributed by atoms with Crippen molar-refractivity contribution in [1.29, 1.82) is 0 Å². The highest BCUT2D eigenvalue weighted by Crippen LogP contribution is 2.26. The highest BCUT2D eigenvalue weighted by atomic mass is 16.2. The fourth-order valence-electron chi connectivity index (χ4n) is 2.56. The Kier molecular flexibility index (Phi) is 4.96. The van der Waals surface area contributed by atoms with Crippen LogP contribution in [0.3, 0.4) is 0 Å². The van der Waals surface area contributed by atoms with E-state index < -0.39 is 12.1 Å². The number of hydrogen-bond acceptors (Lipinski definition) is 3. The van der Waals surface area contributed by atoms with Crippen molar-refractivity contribution in [2.24, 2.45) is 0 Å². The number of hydrogen-bond donors (Lipinski definition) is 1. The maximum absolute atomic E-state index is 12.6. The SMILES string of the molecule is CCC(C)(C)NC(=O)CN1C(=O)[C@@H](C)N(c2ccc(C)cc2)C1=O. The number of anilines is 1. The first-order chi connectivity index (χ1) is 11.2. The summed E-state index contributed by atoms with van der Waals surface area (Å²) in [5.74, 6) is -0.688. The highest BCUT2D eigenvalue weighted by Gasteiger charge is 2.44. The Hall–Kier alpha value is -2.37. The average Bonchev–Trinajstić information content (AvgIpc) is 2.72. The molecular weight excluding hydrogens is 306 g/mol. The molecule has 4 amide bonds. The van der Waals surface area contributed by atoms with Crippen molar-refractivity contribution in [1.82, 2.24) is 10.2 Å². The Morgan fingerprint density at radius 1 is 1.21 bits per heavy atom. The van der Waals surface area contributed by atoms with Crippen LogP contribution in [0.1, 0.15) is 39.7 Å². The lowest BCUT2D eigenvalue weighted by Gasteiger charge is -2.25. The van der Waals surface area contributed by atoms with Crippen molar-refractivity contribution in [2.45, 2.75) is 52.6 Å². The van der Waals surface area contributed by atoms with E-state index >= 15 is 0 Å². The Morgan fingerprint density at radius 3 is 2.33 bits per heavy atom. The molecule has 130 valence electrons. The predicted octanol–water partition coefficient (Wildman–Crippen LogP) is 2.46. The molecule has 0 bridgehead atoms. The molecule has 1 aromatic carbocycles. The zero-order valence-corrected chi connectivity index (χ0v) is 14.9. The molecule has 6 heteroatoms. The molecule has 24 heavy (non-hydrogen) atoms. The van der Waals surface area contributed by atoms with E-state index in [2.05, 4.69) is 5.32 Å². The maximum atomic E-state index is 12.6. The van der Waals surface area contributed by atoms with Gasteiger partial charge in [0.2, 0.25) is 5.91 Å². The van der Waals surface area contributed by atoms with Gasteiger partial charge in [-0.05, 0) is 46.2 Å². The molecule has 1 heterocycles. The van der Waals surface area contributed by atoms with Gasteiger partial charge in [0.1, 0.15) is 12.6 Å². The molecule has 2 rings (SSSR count). The summed E-state index contributed by atoms with van der Waals surface area (Å²) in [7, 11) is 0. The molecule has 0 saturated carbocycles. The molecule has 0 aliphatic carbocycles. The van der Waals surface area contributed by atoms with E-state index in [1.807, 2.05) is 39.8 Å². The van der Waals surface area contributed by atoms with Crippen molar-refractivity contribution in [3.8, 4) is 0 Å². The van der Waals surface area contributed by atoms with Gasteiger partial charge in [-0.3, -0.25) is 19.4 Å². The first-order valence-electron chi connectivity index (χ1n) is 8.18. The molecule has 1 atom stereocenters. The summed E-state index contributed by atoms with van der Waals surface area (Å²) >= 11 is 0. The Morgan fingerprint density at radius 2 is 1.79 bits per heavy atom. The minimum Gasteiger partial charge on any atom is -0.350 e. The number of urea groups is 1. The molecule has 6 nitrogen and oxygen atoms in total. The highest BCUT2D eigenvalue weighted by molar-refractivity contribution is 6.15. The Balaban J connectivity index is 2.15. The van der Waals surface area contributed by atoms with Crippen LogP contribution in [0.4, 0.5) is 10.5 Å². The van der Waals surface area contributed by atoms with Crippen molar-refractivity contribution >= 4 is 23.5 Å². The van der Waals surface area contributed by atoms with Gasteiger partial charge in [0.25, 0.3) is 5.91 Å². The minimum atomic E-state index is -0.618. The van der Waals surface area contributed by atoms with Gasteiger partial charge in [0.15, 0.2) is 0 Å². The van der Waals surface area contributed by atoms with Crippen LogP contribution < -0.4 is 10.2 Å². The summed E-state index contributed by atoms with van der Waals surface area (Å²) in [6.07, 6.45) is 0.756. The molecule has 0 radical (unpaired) electrons. The second kappa shape index (κ2) is 6.63. The molecule has 1 aliphatic heterocycles. The van der Waals surface area contributed by atoms with Crippen LogP contribution >= 0.6 is 0 Å². The van der Waals surface area contributed by atoms with E-state index in [1.165, 1.54) is 4.90 Å². The zero-order valence-electron chi connectivity index (χ0n) is 14.9. The number of carbonyl (C=O) groups is 3. The summed E-state index contributed by atoms with van der Waals surface area (Å²) in [5.41, 5.74) is 1.36. The summed E-state index contributed by atoms with van der Waals surface area (Å²) in [6.45, 7) is 9.14. The van der Waals surface area contributed by atoms with Crippen LogP contribution in [0.25, 0.3) is 0 Å². The molecule has 1 saturated heterocycles. The monoisotopic (exact) mass is 331 g/mol. The van der Waals surface area contributed by atoms with Gasteiger partial charge >= 0.3 is 6.03 Å². The summed E-state index contributed by atoms with van der Waals surface area (Å²) in [4.78, 5) is 39.7. The topological polar surface area (TPSA) is 69.7 Å². The third-order valence-electron chi connectivity index (χ3n) is 4.42. The molecule has 1 aliphatic rings. The third-order valence-corrected chi connectivity index (χ3v) is 4.42. The number of nitrogens with zero attached hydrogens (tertiary/aromatic N) is 2. The number of aryl methyl sites for hydroxylation is 1. The quantitative estimate of drug-likeness (QED) is 0.843. The fourth-order valence-corrected chi connectivity index (χ4v) is 2.56. The zero-order chi connectivity index (χ0) is 18.1. The molecular formula is C18H25N3O3. The molecule has 1 fully saturated rings. The number of carbonyl (C=O) groups excluding carboxylic acids is 3. The molecule has 1 N–H and O–H groups in total. The van der Waals surface area contributed by atoms with Gasteiger partial charge < -0.3 is 5.32 Å². The first-order valence-corrected chi connectivity index (χ1v) is 8.18. The van der Waals surface area contributed by atoms with Gasteiger partial charge in [-0.15, -0.1) is 0 Å². The molecule has 1 aromatic rings. The molecule has 0 aromatic heterocycles. The largest absolute Gasteiger partial charge is 0.350 e. The van der Waals surface area contributed by atoms with Crippen molar-refractivity contribution in [3.05, 3.63) is 29.8 Å². The smallest absolute Gasteiger partial charge is 0.332 e. The van der Waals surface area contributed by atoms with Crippen LogP contribution in [0.15, 0.2) is 24.3 Å². The minimum absolute atomic E-state index is 0.256. The van der Waals surface area contributed by atoms with E-state index in [0.29, 0.717) is 5.69 Å². The lowest BCUT2D eigenvalue weighted by molar-refractivity contribution is -0.132. The van der Waals surface area contributed by atoms with Crippen molar-refractivity contribution in [3.63, 3.8) is 0 Å². The summed E-state index contributed by atoms with van der Waals surface area (Å²) in [6, 6.07) is 6.31. The Bertz CT molecular complexity index is 652. The standard InChI is InChI=1S/C18H25N3O3/c1-6-18(4,5)19-15(22)11-20-16(23)13(3)21(17(20)24)14-9-7-12(2)8-10-14/h7-10,13H,6,11H2,1-5H3,(H,19,22)/t13-/m1/s1. The molecule has 0 spiro atoms. The van der Waals surface area contributed by atoms with Crippen LogP contribution in [-0.2, 0) is 9.59 Å². The van der Waals surface area contributed by atoms with Crippen LogP contribution in [-0.4, -0.2) is 40.9 Å². The van der Waals surface area contributed by atoms with Gasteiger partial charge in [-0.25, -0.2) is 4.79 Å². The average molecular weight is 331 g/mol. The summed E-state index contributed by atoms with van der Waals surface area (Å²) in [5, 5.41) is 2.85. The van der Waals surface area contributed by atoms with Gasteiger partial charge in [-0.1, -0.05) is 24.6 Å². The number of nitrogens with one attached hydrogen (secondary N) is 1. The number of imide groups is 1. The normalized spacial score (nSPS) is 18.3. The number of benzene rings is 1. The van der Waals surface area contributed by atoms with Crippen LogP contribution in [0, 0.1) is 6.92 Å².